The fraction of sp³-hybridized carbons (Fsp3) is 0.385. The first-order chi connectivity index (χ1) is 9.09. The number of rotatable bonds is 2. The van der Waals surface area contributed by atoms with Crippen LogP contribution in [0.5, 0.6) is 0 Å². The Morgan fingerprint density at radius 2 is 2.00 bits per heavy atom. The van der Waals surface area contributed by atoms with E-state index >= 15 is 0 Å². The molecule has 1 aromatic rings. The molecule has 2 heterocycles. The average molecular weight is 300 g/mol. The van der Waals surface area contributed by atoms with Crippen molar-refractivity contribution in [2.24, 2.45) is 0 Å². The topological polar surface area (TPSA) is 46.6 Å². The Bertz CT molecular complexity index is 633. The second-order valence-corrected chi connectivity index (χ2v) is 7.03. The second kappa shape index (κ2) is 4.90. The summed E-state index contributed by atoms with van der Waals surface area (Å²) in [6.45, 7) is 3.26. The molecule has 0 atom stereocenters. The summed E-state index contributed by atoms with van der Waals surface area (Å²) in [4.78, 5) is 2.84. The molecule has 2 aliphatic rings. The molecule has 19 heavy (non-hydrogen) atoms. The third-order valence-corrected chi connectivity index (χ3v) is 5.64. The third kappa shape index (κ3) is 2.31. The average Bonchev–Trinajstić information content (AvgIpc) is 2.65. The highest BCUT2D eigenvalue weighted by Gasteiger charge is 2.31. The van der Waals surface area contributed by atoms with Crippen LogP contribution in [0.3, 0.4) is 0 Å². The molecule has 0 unspecified atom stereocenters. The van der Waals surface area contributed by atoms with Crippen molar-refractivity contribution in [3.63, 3.8) is 0 Å². The fourth-order valence-corrected chi connectivity index (χ4v) is 4.29. The van der Waals surface area contributed by atoms with E-state index in [1.54, 1.807) is 24.3 Å². The molecular formula is C13H14ClNO3S. The largest absolute Gasteiger partial charge is 0.379 e. The summed E-state index contributed by atoms with van der Waals surface area (Å²) < 4.78 is 30.1. The van der Waals surface area contributed by atoms with Crippen LogP contribution in [0.25, 0.3) is 6.08 Å². The lowest BCUT2D eigenvalue weighted by atomic mass is 10.2. The molecule has 1 fully saturated rings. The van der Waals surface area contributed by atoms with Gasteiger partial charge in [0.15, 0.2) is 0 Å². The first-order valence-corrected chi connectivity index (χ1v) is 7.99. The molecule has 0 bridgehead atoms. The van der Waals surface area contributed by atoms with Gasteiger partial charge >= 0.3 is 0 Å². The molecule has 6 heteroatoms. The number of morpholine rings is 1. The van der Waals surface area contributed by atoms with Crippen molar-refractivity contribution in [1.82, 2.24) is 4.90 Å². The molecule has 1 aromatic carbocycles. The SMILES string of the molecule is O=S1(=O)C(CN2CCOCC2)=Cc2c(Cl)cccc21. The molecule has 4 nitrogen and oxygen atoms in total. The Morgan fingerprint density at radius 3 is 2.68 bits per heavy atom. The van der Waals surface area contributed by atoms with E-state index in [1.165, 1.54) is 0 Å². The summed E-state index contributed by atoms with van der Waals surface area (Å²) >= 11 is 6.06. The number of ether oxygens (including phenoxy) is 1. The molecule has 3 rings (SSSR count). The quantitative estimate of drug-likeness (QED) is 0.835. The van der Waals surface area contributed by atoms with E-state index in [-0.39, 0.29) is 0 Å². The maximum atomic E-state index is 12.4. The minimum Gasteiger partial charge on any atom is -0.379 e. The van der Waals surface area contributed by atoms with Gasteiger partial charge in [0.05, 0.1) is 23.0 Å². The molecule has 0 N–H and O–H groups in total. The third-order valence-electron chi connectivity index (χ3n) is 3.44. The van der Waals surface area contributed by atoms with E-state index in [2.05, 4.69) is 4.90 Å². The number of benzene rings is 1. The first-order valence-electron chi connectivity index (χ1n) is 6.13. The smallest absolute Gasteiger partial charge is 0.204 e. The van der Waals surface area contributed by atoms with Crippen molar-refractivity contribution in [3.8, 4) is 0 Å². The van der Waals surface area contributed by atoms with E-state index in [9.17, 15) is 8.42 Å². The molecule has 102 valence electrons. The van der Waals surface area contributed by atoms with Gasteiger partial charge in [-0.1, -0.05) is 17.7 Å². The van der Waals surface area contributed by atoms with Crippen LogP contribution >= 0.6 is 11.6 Å². The normalized spacial score (nSPS) is 22.1. The van der Waals surface area contributed by atoms with Crippen LogP contribution in [0, 0.1) is 0 Å². The van der Waals surface area contributed by atoms with Crippen LogP contribution < -0.4 is 0 Å². The fourth-order valence-electron chi connectivity index (χ4n) is 2.38. The number of hydrogen-bond acceptors (Lipinski definition) is 4. The van der Waals surface area contributed by atoms with Gasteiger partial charge in [0.1, 0.15) is 0 Å². The number of halogens is 1. The molecule has 0 aliphatic carbocycles. The van der Waals surface area contributed by atoms with Gasteiger partial charge in [-0.15, -0.1) is 0 Å². The summed E-state index contributed by atoms with van der Waals surface area (Å²) in [6, 6.07) is 4.99. The van der Waals surface area contributed by atoms with Gasteiger partial charge in [-0.05, 0) is 18.2 Å². The van der Waals surface area contributed by atoms with Gasteiger partial charge in [-0.3, -0.25) is 4.90 Å². The van der Waals surface area contributed by atoms with Gasteiger partial charge in [0.2, 0.25) is 9.84 Å². The van der Waals surface area contributed by atoms with Gasteiger partial charge in [0, 0.05) is 30.2 Å². The Kier molecular flexibility index (Phi) is 3.39. The number of fused-ring (bicyclic) bond motifs is 1. The van der Waals surface area contributed by atoms with Crippen LogP contribution in [0.1, 0.15) is 5.56 Å². The highest BCUT2D eigenvalue weighted by molar-refractivity contribution is 7.95. The van der Waals surface area contributed by atoms with E-state index in [0.717, 1.165) is 13.1 Å². The summed E-state index contributed by atoms with van der Waals surface area (Å²) in [7, 11) is -3.37. The molecule has 0 amide bonds. The van der Waals surface area contributed by atoms with Gasteiger partial charge < -0.3 is 4.74 Å². The van der Waals surface area contributed by atoms with Crippen LogP contribution in [-0.4, -0.2) is 46.2 Å². The highest BCUT2D eigenvalue weighted by Crippen LogP contribution is 2.37. The molecule has 0 saturated carbocycles. The Balaban J connectivity index is 1.92. The predicted octanol–water partition coefficient (Wildman–Crippen LogP) is 1.80. The lowest BCUT2D eigenvalue weighted by Gasteiger charge is -2.26. The predicted molar refractivity (Wildman–Crippen MR) is 73.9 cm³/mol. The van der Waals surface area contributed by atoms with E-state index in [4.69, 9.17) is 16.3 Å². The van der Waals surface area contributed by atoms with Gasteiger partial charge in [0.25, 0.3) is 0 Å². The van der Waals surface area contributed by atoms with Crippen molar-refractivity contribution in [2.45, 2.75) is 4.90 Å². The van der Waals surface area contributed by atoms with E-state index in [0.29, 0.717) is 40.1 Å². The van der Waals surface area contributed by atoms with E-state index in [1.807, 2.05) is 0 Å². The molecule has 0 spiro atoms. The Morgan fingerprint density at radius 1 is 1.26 bits per heavy atom. The summed E-state index contributed by atoms with van der Waals surface area (Å²) in [5.74, 6) is 0. The zero-order chi connectivity index (χ0) is 13.5. The lowest BCUT2D eigenvalue weighted by molar-refractivity contribution is 0.0430. The standard InChI is InChI=1S/C13H14ClNO3S/c14-12-2-1-3-13-11(12)8-10(19(13,16)17)9-15-4-6-18-7-5-15/h1-3,8H,4-7,9H2. The number of hydrogen-bond donors (Lipinski definition) is 0. The van der Waals surface area contributed by atoms with Crippen molar-refractivity contribution >= 4 is 27.5 Å². The van der Waals surface area contributed by atoms with Crippen molar-refractivity contribution in [3.05, 3.63) is 33.7 Å². The van der Waals surface area contributed by atoms with E-state index < -0.39 is 9.84 Å². The molecular weight excluding hydrogens is 286 g/mol. The Labute approximate surface area is 117 Å². The Hall–Kier alpha value is -0.880. The summed E-state index contributed by atoms with van der Waals surface area (Å²) in [6.07, 6.45) is 1.70. The second-order valence-electron chi connectivity index (χ2n) is 4.65. The van der Waals surface area contributed by atoms with Crippen LogP contribution in [-0.2, 0) is 14.6 Å². The van der Waals surface area contributed by atoms with Gasteiger partial charge in [-0.25, -0.2) is 8.42 Å². The van der Waals surface area contributed by atoms with Crippen molar-refractivity contribution in [1.29, 1.82) is 0 Å². The number of sulfone groups is 1. The molecule has 1 saturated heterocycles. The molecule has 0 aromatic heterocycles. The minimum atomic E-state index is -3.37. The van der Waals surface area contributed by atoms with Crippen molar-refractivity contribution in [2.75, 3.05) is 32.8 Å². The summed E-state index contributed by atoms with van der Waals surface area (Å²) in [5.41, 5.74) is 0.618. The first kappa shape index (κ1) is 13.1. The lowest BCUT2D eigenvalue weighted by Crippen LogP contribution is -2.38. The maximum Gasteiger partial charge on any atom is 0.204 e. The van der Waals surface area contributed by atoms with Crippen LogP contribution in [0.4, 0.5) is 0 Å². The molecule has 0 radical (unpaired) electrons. The highest BCUT2D eigenvalue weighted by atomic mass is 35.5. The molecule has 2 aliphatic heterocycles. The zero-order valence-electron chi connectivity index (χ0n) is 10.3. The zero-order valence-corrected chi connectivity index (χ0v) is 11.9. The van der Waals surface area contributed by atoms with Crippen LogP contribution in [0.15, 0.2) is 28.0 Å². The monoisotopic (exact) mass is 299 g/mol. The van der Waals surface area contributed by atoms with Gasteiger partial charge in [-0.2, -0.15) is 0 Å². The van der Waals surface area contributed by atoms with Crippen molar-refractivity contribution < 1.29 is 13.2 Å². The maximum absolute atomic E-state index is 12.4. The minimum absolute atomic E-state index is 0.322. The van der Waals surface area contributed by atoms with Crippen LogP contribution in [0.2, 0.25) is 5.02 Å². The summed E-state index contributed by atoms with van der Waals surface area (Å²) in [5, 5.41) is 0.484. The number of nitrogens with zero attached hydrogens (tertiary/aromatic N) is 1.